The van der Waals surface area contributed by atoms with Gasteiger partial charge in [0.1, 0.15) is 11.6 Å². The second-order valence-electron chi connectivity index (χ2n) is 9.73. The predicted molar refractivity (Wildman–Crippen MR) is 143 cm³/mol. The second-order valence-corrected chi connectivity index (χ2v) is 11.3. The number of para-hydroxylation sites is 1. The number of alkyl halides is 1. The van der Waals surface area contributed by atoms with Crippen molar-refractivity contribution in [2.75, 3.05) is 24.7 Å². The zero-order valence-electron chi connectivity index (χ0n) is 20.7. The molecular formula is C27H32BrClN2O6. The smallest absolute Gasteiger partial charge is 0.312 e. The minimum absolute atomic E-state index is 0.144. The molecule has 10 heteroatoms. The molecule has 3 heterocycles. The minimum Gasteiger partial charge on any atom is -0.465 e. The van der Waals surface area contributed by atoms with Crippen LogP contribution in [0.2, 0.25) is 5.02 Å². The molecule has 3 fully saturated rings. The van der Waals surface area contributed by atoms with Crippen molar-refractivity contribution in [3.05, 3.63) is 54.6 Å². The van der Waals surface area contributed by atoms with Gasteiger partial charge in [0.2, 0.25) is 5.91 Å². The van der Waals surface area contributed by atoms with Crippen molar-refractivity contribution < 1.29 is 29.0 Å². The number of carbonyl (C=O) groups is 3. The number of likely N-dealkylation sites (tertiary alicyclic amines) is 1. The molecule has 7 atom stereocenters. The Morgan fingerprint density at radius 2 is 2.11 bits per heavy atom. The molecule has 8 nitrogen and oxygen atoms in total. The molecule has 3 unspecified atom stereocenters. The maximum atomic E-state index is 14.3. The fourth-order valence-electron chi connectivity index (χ4n) is 5.93. The molecule has 37 heavy (non-hydrogen) atoms. The number of allylic oxidation sites excluding steroid dienone is 1. The monoisotopic (exact) mass is 594 g/mol. The van der Waals surface area contributed by atoms with Crippen LogP contribution in [0.3, 0.4) is 0 Å². The average Bonchev–Trinajstić information content (AvgIpc) is 3.48. The molecule has 0 saturated carbocycles. The number of amides is 2. The van der Waals surface area contributed by atoms with Crippen molar-refractivity contribution in [2.24, 2.45) is 11.8 Å². The Morgan fingerprint density at radius 1 is 1.38 bits per heavy atom. The summed E-state index contributed by atoms with van der Waals surface area (Å²) in [7, 11) is 0. The van der Waals surface area contributed by atoms with E-state index in [0.717, 1.165) is 0 Å². The van der Waals surface area contributed by atoms with Gasteiger partial charge in [0.15, 0.2) is 0 Å². The van der Waals surface area contributed by atoms with E-state index in [1.54, 1.807) is 43.3 Å². The van der Waals surface area contributed by atoms with Crippen molar-refractivity contribution in [2.45, 2.75) is 54.8 Å². The van der Waals surface area contributed by atoms with Gasteiger partial charge in [-0.2, -0.15) is 0 Å². The molecule has 0 aliphatic carbocycles. The minimum atomic E-state index is -1.26. The number of aliphatic hydroxyl groups excluding tert-OH is 1. The van der Waals surface area contributed by atoms with Crippen LogP contribution in [0.5, 0.6) is 0 Å². The van der Waals surface area contributed by atoms with E-state index in [9.17, 15) is 19.5 Å². The fraction of sp³-hybridized carbons (Fsp3) is 0.519. The molecule has 2 bridgehead atoms. The third kappa shape index (κ3) is 4.64. The molecule has 3 saturated heterocycles. The molecule has 0 radical (unpaired) electrons. The summed E-state index contributed by atoms with van der Waals surface area (Å²) in [4.78, 5) is 44.2. The maximum Gasteiger partial charge on any atom is 0.312 e. The van der Waals surface area contributed by atoms with Crippen molar-refractivity contribution in [1.29, 1.82) is 0 Å². The van der Waals surface area contributed by atoms with Crippen molar-refractivity contribution >= 4 is 51.0 Å². The van der Waals surface area contributed by atoms with Gasteiger partial charge in [-0.05, 0) is 38.3 Å². The SMILES string of the molecule is C=CCCCOC(=O)[C@H]1[C@@H]2OC3(CC2Br)C(C(=O)N(CC=C)c2ccccc2Cl)N([C@H](C)CO)C(=O)[C@H]13. The molecule has 2 amide bonds. The Hall–Kier alpha value is -2.20. The Bertz CT molecular complexity index is 1080. The highest BCUT2D eigenvalue weighted by atomic mass is 79.9. The van der Waals surface area contributed by atoms with Gasteiger partial charge >= 0.3 is 5.97 Å². The first-order valence-corrected chi connectivity index (χ1v) is 13.7. The number of anilines is 1. The van der Waals surface area contributed by atoms with Gasteiger partial charge in [-0.3, -0.25) is 14.4 Å². The number of aliphatic hydroxyl groups is 1. The topological polar surface area (TPSA) is 96.4 Å². The van der Waals surface area contributed by atoms with Crippen molar-refractivity contribution in [3.63, 3.8) is 0 Å². The van der Waals surface area contributed by atoms with E-state index in [-0.39, 0.29) is 24.6 Å². The van der Waals surface area contributed by atoms with Crippen LogP contribution < -0.4 is 4.90 Å². The molecule has 3 aliphatic heterocycles. The largest absolute Gasteiger partial charge is 0.465 e. The first-order valence-electron chi connectivity index (χ1n) is 12.4. The van der Waals surface area contributed by atoms with E-state index in [1.165, 1.54) is 9.80 Å². The van der Waals surface area contributed by atoms with E-state index >= 15 is 0 Å². The standard InChI is InChI=1S/C27H32BrClN2O6/c1-4-6-9-13-36-26(35)20-21-24(33)31(16(3)15-32)23(27(21)14-17(28)22(20)37-27)25(34)30(12-5-2)19-11-8-7-10-18(19)29/h4-5,7-8,10-11,16-17,20-23,32H,1-2,6,9,12-15H2,3H3/t16-,17?,20-,21+,22-,23?,27?/m1/s1. The third-order valence-electron chi connectivity index (χ3n) is 7.49. The number of unbranched alkanes of at least 4 members (excludes halogenated alkanes) is 1. The molecule has 1 spiro atoms. The van der Waals surface area contributed by atoms with Crippen LogP contribution in [0.15, 0.2) is 49.6 Å². The first-order chi connectivity index (χ1) is 17.7. The lowest BCUT2D eigenvalue weighted by atomic mass is 9.70. The summed E-state index contributed by atoms with van der Waals surface area (Å²) in [5, 5.41) is 10.4. The van der Waals surface area contributed by atoms with Gasteiger partial charge in [0, 0.05) is 11.4 Å². The van der Waals surface area contributed by atoms with Crippen LogP contribution in [0.1, 0.15) is 26.2 Å². The summed E-state index contributed by atoms with van der Waals surface area (Å²) in [6.45, 7) is 9.12. The number of hydrogen-bond donors (Lipinski definition) is 1. The number of ether oxygens (including phenoxy) is 2. The number of benzene rings is 1. The first kappa shape index (κ1) is 27.8. The van der Waals surface area contributed by atoms with Crippen LogP contribution in [0.25, 0.3) is 0 Å². The molecule has 1 aromatic carbocycles. The molecule has 0 aromatic heterocycles. The number of fused-ring (bicyclic) bond motifs is 1. The molecular weight excluding hydrogens is 564 g/mol. The predicted octanol–water partition coefficient (Wildman–Crippen LogP) is 3.50. The summed E-state index contributed by atoms with van der Waals surface area (Å²) < 4.78 is 12.0. The summed E-state index contributed by atoms with van der Waals surface area (Å²) >= 11 is 10.1. The van der Waals surface area contributed by atoms with Crippen LogP contribution in [0, 0.1) is 11.8 Å². The lowest BCUT2D eigenvalue weighted by Gasteiger charge is -2.38. The number of esters is 1. The van der Waals surface area contributed by atoms with Crippen molar-refractivity contribution in [3.8, 4) is 0 Å². The molecule has 200 valence electrons. The van der Waals surface area contributed by atoms with Gasteiger partial charge in [0.25, 0.3) is 5.91 Å². The average molecular weight is 596 g/mol. The zero-order chi connectivity index (χ0) is 26.9. The lowest BCUT2D eigenvalue weighted by molar-refractivity contribution is -0.155. The van der Waals surface area contributed by atoms with Crippen molar-refractivity contribution in [1.82, 2.24) is 4.90 Å². The van der Waals surface area contributed by atoms with Gasteiger partial charge in [-0.25, -0.2) is 0 Å². The number of hydrogen-bond acceptors (Lipinski definition) is 6. The van der Waals surface area contributed by atoms with E-state index in [4.69, 9.17) is 21.1 Å². The third-order valence-corrected chi connectivity index (χ3v) is 8.65. The second kappa shape index (κ2) is 11.3. The van der Waals surface area contributed by atoms with E-state index in [1.807, 2.05) is 0 Å². The highest BCUT2D eigenvalue weighted by molar-refractivity contribution is 9.09. The van der Waals surface area contributed by atoms with Gasteiger partial charge in [-0.15, -0.1) is 13.2 Å². The Kier molecular flexibility index (Phi) is 8.48. The number of rotatable bonds is 11. The number of carbonyl (C=O) groups excluding carboxylic acids is 3. The highest BCUT2D eigenvalue weighted by Gasteiger charge is 2.77. The highest BCUT2D eigenvalue weighted by Crippen LogP contribution is 2.60. The van der Waals surface area contributed by atoms with E-state index in [2.05, 4.69) is 29.1 Å². The van der Waals surface area contributed by atoms with Gasteiger partial charge in [0.05, 0.1) is 47.9 Å². The molecule has 3 aliphatic rings. The Balaban J connectivity index is 1.75. The zero-order valence-corrected chi connectivity index (χ0v) is 23.1. The number of halogens is 2. The fourth-order valence-corrected chi connectivity index (χ4v) is 7.11. The van der Waals surface area contributed by atoms with E-state index < -0.39 is 53.4 Å². The van der Waals surface area contributed by atoms with E-state index in [0.29, 0.717) is 30.0 Å². The van der Waals surface area contributed by atoms with Gasteiger partial charge < -0.3 is 24.4 Å². The summed E-state index contributed by atoms with van der Waals surface area (Å²) in [6.07, 6.45) is 4.39. The molecule has 1 aromatic rings. The van der Waals surface area contributed by atoms with Crippen LogP contribution >= 0.6 is 27.5 Å². The Morgan fingerprint density at radius 3 is 2.76 bits per heavy atom. The molecule has 1 N–H and O–H groups in total. The number of nitrogens with zero attached hydrogens (tertiary/aromatic N) is 2. The van der Waals surface area contributed by atoms with Crippen LogP contribution in [-0.4, -0.2) is 76.2 Å². The van der Waals surface area contributed by atoms with Crippen LogP contribution in [-0.2, 0) is 23.9 Å². The summed E-state index contributed by atoms with van der Waals surface area (Å²) in [6, 6.07) is 5.17. The summed E-state index contributed by atoms with van der Waals surface area (Å²) in [5.74, 6) is -3.10. The quantitative estimate of drug-likeness (QED) is 0.182. The normalized spacial score (nSPS) is 30.6. The maximum absolute atomic E-state index is 14.3. The lowest BCUT2D eigenvalue weighted by Crippen LogP contribution is -2.58. The van der Waals surface area contributed by atoms with Gasteiger partial charge in [-0.1, -0.05) is 51.8 Å². The molecule has 4 rings (SSSR count). The summed E-state index contributed by atoms with van der Waals surface area (Å²) in [5.41, 5.74) is -0.791. The van der Waals surface area contributed by atoms with Crippen LogP contribution in [0.4, 0.5) is 5.69 Å². The Labute approximate surface area is 230 Å².